The fourth-order valence-corrected chi connectivity index (χ4v) is 6.16. The number of alkyl halides is 3. The van der Waals surface area contributed by atoms with Crippen molar-refractivity contribution in [3.05, 3.63) is 68.7 Å². The minimum atomic E-state index is -4.81. The number of hydrogen-bond donors (Lipinski definition) is 1. The fourth-order valence-electron chi connectivity index (χ4n) is 4.06. The van der Waals surface area contributed by atoms with E-state index >= 15 is 0 Å². The second-order valence-electron chi connectivity index (χ2n) is 8.47. The molecule has 6 nitrogen and oxygen atoms in total. The average Bonchev–Trinajstić information content (AvgIpc) is 3.16. The first-order chi connectivity index (χ1) is 15.8. The summed E-state index contributed by atoms with van der Waals surface area (Å²) in [5.74, 6) is -0.418. The molecule has 0 aromatic heterocycles. The van der Waals surface area contributed by atoms with Crippen LogP contribution in [-0.4, -0.2) is 44.3 Å². The Morgan fingerprint density at radius 2 is 1.82 bits per heavy atom. The molecule has 0 spiro atoms. The number of carbonyl (C=O) groups excluding carboxylic acids is 1. The van der Waals surface area contributed by atoms with Crippen molar-refractivity contribution in [2.45, 2.75) is 25.1 Å². The lowest BCUT2D eigenvalue weighted by atomic mass is 9.86. The van der Waals surface area contributed by atoms with Crippen molar-refractivity contribution in [2.24, 2.45) is 11.1 Å². The van der Waals surface area contributed by atoms with E-state index in [-0.39, 0.29) is 45.3 Å². The van der Waals surface area contributed by atoms with E-state index < -0.39 is 33.9 Å². The molecule has 4 rings (SSSR count). The first-order valence-electron chi connectivity index (χ1n) is 10.2. The summed E-state index contributed by atoms with van der Waals surface area (Å²) in [5, 5.41) is 6.50. The zero-order valence-electron chi connectivity index (χ0n) is 17.7. The maximum atomic E-state index is 14.2. The van der Waals surface area contributed by atoms with Crippen LogP contribution in [0.5, 0.6) is 0 Å². The molecule has 1 fully saturated rings. The fraction of sp³-hybridized carbons (Fsp3) is 0.364. The molecule has 0 bridgehead atoms. The maximum absolute atomic E-state index is 14.2. The van der Waals surface area contributed by atoms with Gasteiger partial charge in [-0.05, 0) is 48.4 Å². The van der Waals surface area contributed by atoms with Crippen molar-refractivity contribution < 1.29 is 31.2 Å². The summed E-state index contributed by atoms with van der Waals surface area (Å²) >= 11 is 11.8. The van der Waals surface area contributed by atoms with Crippen molar-refractivity contribution in [1.82, 2.24) is 5.32 Å². The molecular formula is C22H19Cl2F3N2O4S. The Bertz CT molecular complexity index is 1270. The third-order valence-electron chi connectivity index (χ3n) is 5.85. The molecule has 34 heavy (non-hydrogen) atoms. The highest BCUT2D eigenvalue weighted by Crippen LogP contribution is 2.49. The lowest BCUT2D eigenvalue weighted by molar-refractivity contribution is -0.275. The van der Waals surface area contributed by atoms with E-state index in [0.29, 0.717) is 16.7 Å². The monoisotopic (exact) mass is 534 g/mol. The number of carbonyl (C=O) groups is 1. The van der Waals surface area contributed by atoms with Crippen molar-refractivity contribution >= 4 is 44.7 Å². The molecule has 1 amide bonds. The first kappa shape index (κ1) is 24.8. The minimum absolute atomic E-state index is 0.0360. The molecule has 0 radical (unpaired) electrons. The van der Waals surface area contributed by atoms with E-state index in [0.717, 1.165) is 12.1 Å². The van der Waals surface area contributed by atoms with Gasteiger partial charge in [0.25, 0.3) is 11.5 Å². The Kier molecular flexibility index (Phi) is 6.37. The molecule has 182 valence electrons. The van der Waals surface area contributed by atoms with Crippen molar-refractivity contribution in [3.63, 3.8) is 0 Å². The molecule has 2 aromatic carbocycles. The molecule has 1 unspecified atom stereocenters. The standard InChI is InChI=1S/C22H19Cl2F3N2O4S/c1-12-4-14(2-3-18(12)20(30)28-9-13-10-34(31,32)11-13)19-8-21(33-29-19,22(25,26)27)15-5-16(23)7-17(24)6-15/h2-7,13H,8-11H2,1H3,(H,28,30). The number of amides is 1. The van der Waals surface area contributed by atoms with Gasteiger partial charge >= 0.3 is 6.18 Å². The largest absolute Gasteiger partial charge is 0.435 e. The van der Waals surface area contributed by atoms with Crippen LogP contribution in [0.25, 0.3) is 0 Å². The zero-order chi connectivity index (χ0) is 24.9. The second-order valence-corrected chi connectivity index (χ2v) is 11.5. The first-order valence-corrected chi connectivity index (χ1v) is 12.8. The lowest BCUT2D eigenvalue weighted by Crippen LogP contribution is -2.44. The van der Waals surface area contributed by atoms with E-state index in [1.807, 2.05) is 0 Å². The Morgan fingerprint density at radius 1 is 1.18 bits per heavy atom. The van der Waals surface area contributed by atoms with Gasteiger partial charge in [-0.15, -0.1) is 0 Å². The molecule has 0 aliphatic carbocycles. The van der Waals surface area contributed by atoms with Gasteiger partial charge in [0.05, 0.1) is 17.2 Å². The molecular weight excluding hydrogens is 516 g/mol. The number of oxime groups is 1. The van der Waals surface area contributed by atoms with Crippen LogP contribution in [0, 0.1) is 12.8 Å². The van der Waals surface area contributed by atoms with Gasteiger partial charge in [-0.1, -0.05) is 34.4 Å². The predicted molar refractivity (Wildman–Crippen MR) is 122 cm³/mol. The second kappa shape index (κ2) is 8.73. The number of rotatable bonds is 5. The van der Waals surface area contributed by atoms with E-state index in [4.69, 9.17) is 28.0 Å². The molecule has 2 aliphatic rings. The third kappa shape index (κ3) is 4.76. The SMILES string of the molecule is Cc1cc(C2=NOC(c3cc(Cl)cc(Cl)c3)(C(F)(F)F)C2)ccc1C(=O)NCC1CS(=O)(=O)C1. The summed E-state index contributed by atoms with van der Waals surface area (Å²) in [7, 11) is -2.98. The highest BCUT2D eigenvalue weighted by atomic mass is 35.5. The van der Waals surface area contributed by atoms with E-state index in [1.165, 1.54) is 18.2 Å². The summed E-state index contributed by atoms with van der Waals surface area (Å²) in [6.07, 6.45) is -5.41. The van der Waals surface area contributed by atoms with Crippen LogP contribution < -0.4 is 5.32 Å². The van der Waals surface area contributed by atoms with E-state index in [2.05, 4.69) is 10.5 Å². The highest BCUT2D eigenvalue weighted by Gasteiger charge is 2.62. The van der Waals surface area contributed by atoms with Gasteiger partial charge in [-0.3, -0.25) is 4.79 Å². The van der Waals surface area contributed by atoms with Crippen LogP contribution in [0.1, 0.15) is 33.5 Å². The highest BCUT2D eigenvalue weighted by molar-refractivity contribution is 7.92. The molecule has 1 saturated heterocycles. The molecule has 1 atom stereocenters. The molecule has 12 heteroatoms. The summed E-state index contributed by atoms with van der Waals surface area (Å²) in [6.45, 7) is 1.88. The van der Waals surface area contributed by atoms with Gasteiger partial charge in [-0.2, -0.15) is 13.2 Å². The number of hydrogen-bond acceptors (Lipinski definition) is 5. The van der Waals surface area contributed by atoms with E-state index in [1.54, 1.807) is 13.0 Å². The predicted octanol–water partition coefficient (Wildman–Crippen LogP) is 4.66. The van der Waals surface area contributed by atoms with Gasteiger partial charge in [0, 0.05) is 40.1 Å². The molecule has 1 N–H and O–H groups in total. The van der Waals surface area contributed by atoms with Crippen molar-refractivity contribution in [2.75, 3.05) is 18.1 Å². The topological polar surface area (TPSA) is 84.8 Å². The van der Waals surface area contributed by atoms with Gasteiger partial charge in [0.2, 0.25) is 0 Å². The third-order valence-corrected chi connectivity index (χ3v) is 8.24. The molecule has 2 aliphatic heterocycles. The molecule has 2 heterocycles. The number of nitrogens with one attached hydrogen (secondary N) is 1. The maximum Gasteiger partial charge on any atom is 0.435 e. The number of sulfone groups is 1. The number of nitrogens with zero attached hydrogens (tertiary/aromatic N) is 1. The Labute approximate surface area is 204 Å². The Hall–Kier alpha value is -2.30. The van der Waals surface area contributed by atoms with Crippen LogP contribution in [0.4, 0.5) is 13.2 Å². The van der Waals surface area contributed by atoms with Gasteiger partial charge < -0.3 is 10.2 Å². The average molecular weight is 535 g/mol. The number of halogens is 5. The van der Waals surface area contributed by atoms with Crippen LogP contribution in [0.2, 0.25) is 10.0 Å². The normalized spacial score (nSPS) is 22.0. The summed E-state index contributed by atoms with van der Waals surface area (Å²) in [6, 6.07) is 8.16. The van der Waals surface area contributed by atoms with Crippen LogP contribution in [0.15, 0.2) is 41.6 Å². The summed E-state index contributed by atoms with van der Waals surface area (Å²) in [5.41, 5.74) is -1.73. The van der Waals surface area contributed by atoms with Crippen molar-refractivity contribution in [1.29, 1.82) is 0 Å². The van der Waals surface area contributed by atoms with Crippen molar-refractivity contribution in [3.8, 4) is 0 Å². The van der Waals surface area contributed by atoms with Gasteiger partial charge in [-0.25, -0.2) is 8.42 Å². The van der Waals surface area contributed by atoms with E-state index in [9.17, 15) is 26.4 Å². The zero-order valence-corrected chi connectivity index (χ0v) is 20.1. The Balaban J connectivity index is 1.52. The van der Waals surface area contributed by atoms with Crippen LogP contribution >= 0.6 is 23.2 Å². The Morgan fingerprint density at radius 3 is 2.38 bits per heavy atom. The van der Waals surface area contributed by atoms with Gasteiger partial charge in [0.1, 0.15) is 0 Å². The minimum Gasteiger partial charge on any atom is -0.374 e. The summed E-state index contributed by atoms with van der Waals surface area (Å²) in [4.78, 5) is 17.5. The molecule has 2 aromatic rings. The summed E-state index contributed by atoms with van der Waals surface area (Å²) < 4.78 is 65.0. The van der Waals surface area contributed by atoms with Gasteiger partial charge in [0.15, 0.2) is 9.84 Å². The number of benzene rings is 2. The quantitative estimate of drug-likeness (QED) is 0.604. The number of aryl methyl sites for hydroxylation is 1. The van der Waals surface area contributed by atoms with Crippen LogP contribution in [0.3, 0.4) is 0 Å². The van der Waals surface area contributed by atoms with Crippen LogP contribution in [-0.2, 0) is 20.3 Å². The smallest absolute Gasteiger partial charge is 0.374 e. The molecule has 0 saturated carbocycles. The lowest BCUT2D eigenvalue weighted by Gasteiger charge is -2.29.